The van der Waals surface area contributed by atoms with Crippen molar-refractivity contribution in [1.29, 1.82) is 0 Å². The van der Waals surface area contributed by atoms with Crippen LogP contribution in [-0.2, 0) is 4.79 Å². The molecule has 14 heavy (non-hydrogen) atoms. The first-order valence-electron chi connectivity index (χ1n) is 3.71. The summed E-state index contributed by atoms with van der Waals surface area (Å²) in [5.74, 6) is -3.45. The van der Waals surface area contributed by atoms with Crippen molar-refractivity contribution in [2.45, 2.75) is 12.5 Å². The number of pyridine rings is 1. The molecule has 1 rings (SSSR count). The smallest absolute Gasteiger partial charge is 0.306 e. The van der Waals surface area contributed by atoms with Gasteiger partial charge in [0.2, 0.25) is 0 Å². The molecule has 1 heterocycles. The van der Waals surface area contributed by atoms with Crippen molar-refractivity contribution in [2.75, 3.05) is 0 Å². The molecule has 1 aromatic rings. The van der Waals surface area contributed by atoms with E-state index in [1.165, 1.54) is 0 Å². The predicted molar refractivity (Wildman–Crippen MR) is 41.4 cm³/mol. The van der Waals surface area contributed by atoms with Gasteiger partial charge in [0.05, 0.1) is 30.5 Å². The van der Waals surface area contributed by atoms with Crippen LogP contribution in [0.4, 0.5) is 8.78 Å². The van der Waals surface area contributed by atoms with Crippen molar-refractivity contribution >= 4 is 5.97 Å². The van der Waals surface area contributed by atoms with Gasteiger partial charge in [-0.3, -0.25) is 9.78 Å². The maximum absolute atomic E-state index is 12.9. The normalized spacial score (nSPS) is 12.5. The van der Waals surface area contributed by atoms with Gasteiger partial charge in [0.1, 0.15) is 11.6 Å². The molecule has 0 aliphatic rings. The van der Waals surface area contributed by atoms with Crippen LogP contribution < -0.4 is 0 Å². The summed E-state index contributed by atoms with van der Waals surface area (Å²) in [5.41, 5.74) is -0.664. The molecule has 0 aliphatic heterocycles. The number of halogens is 2. The van der Waals surface area contributed by atoms with Crippen LogP contribution in [0.3, 0.4) is 0 Å². The zero-order chi connectivity index (χ0) is 10.7. The van der Waals surface area contributed by atoms with E-state index in [2.05, 4.69) is 4.98 Å². The lowest BCUT2D eigenvalue weighted by Crippen LogP contribution is -2.09. The van der Waals surface area contributed by atoms with Crippen LogP contribution in [-0.4, -0.2) is 21.2 Å². The molecule has 0 saturated heterocycles. The van der Waals surface area contributed by atoms with Crippen LogP contribution in [0.1, 0.15) is 18.1 Å². The quantitative estimate of drug-likeness (QED) is 0.764. The van der Waals surface area contributed by atoms with E-state index in [4.69, 9.17) is 10.2 Å². The second kappa shape index (κ2) is 4.10. The van der Waals surface area contributed by atoms with Gasteiger partial charge >= 0.3 is 5.97 Å². The summed E-state index contributed by atoms with van der Waals surface area (Å²) in [7, 11) is 0. The Labute approximate surface area is 77.8 Å². The predicted octanol–water partition coefficient (Wildman–Crippen LogP) is 0.868. The maximum atomic E-state index is 12.9. The van der Waals surface area contributed by atoms with Gasteiger partial charge in [-0.1, -0.05) is 0 Å². The Balaban J connectivity index is 2.99. The van der Waals surface area contributed by atoms with E-state index >= 15 is 0 Å². The molecular formula is C8H7F2NO3. The highest BCUT2D eigenvalue weighted by molar-refractivity contribution is 5.67. The van der Waals surface area contributed by atoms with Gasteiger partial charge in [0.15, 0.2) is 0 Å². The van der Waals surface area contributed by atoms with E-state index < -0.39 is 35.7 Å². The summed E-state index contributed by atoms with van der Waals surface area (Å²) in [5, 5.41) is 17.5. The minimum absolute atomic E-state index is 0.664. The molecule has 76 valence electrons. The molecule has 0 saturated carbocycles. The van der Waals surface area contributed by atoms with E-state index in [0.717, 1.165) is 0 Å². The Hall–Kier alpha value is -1.56. The van der Waals surface area contributed by atoms with Crippen molar-refractivity contribution in [3.05, 3.63) is 29.6 Å². The number of carboxylic acids is 1. The molecule has 4 nitrogen and oxygen atoms in total. The van der Waals surface area contributed by atoms with E-state index in [1.807, 2.05) is 0 Å². The van der Waals surface area contributed by atoms with Crippen molar-refractivity contribution in [3.63, 3.8) is 0 Å². The summed E-state index contributed by atoms with van der Waals surface area (Å²) in [6, 6.07) is 0. The van der Waals surface area contributed by atoms with Crippen molar-refractivity contribution in [3.8, 4) is 0 Å². The van der Waals surface area contributed by atoms with E-state index in [1.54, 1.807) is 0 Å². The number of hydrogen-bond donors (Lipinski definition) is 2. The molecule has 0 unspecified atom stereocenters. The minimum Gasteiger partial charge on any atom is -0.481 e. The topological polar surface area (TPSA) is 70.4 Å². The molecule has 0 bridgehead atoms. The second-order valence-electron chi connectivity index (χ2n) is 2.63. The van der Waals surface area contributed by atoms with E-state index in [0.29, 0.717) is 12.4 Å². The number of aliphatic hydroxyl groups is 1. The molecule has 0 fully saturated rings. The molecule has 1 atom stereocenters. The van der Waals surface area contributed by atoms with Gasteiger partial charge in [0, 0.05) is 0 Å². The summed E-state index contributed by atoms with van der Waals surface area (Å²) >= 11 is 0. The number of carboxylic acid groups (broad SMARTS) is 1. The first kappa shape index (κ1) is 10.5. The zero-order valence-corrected chi connectivity index (χ0v) is 6.94. The SMILES string of the molecule is O=C(O)C[C@@H](O)c1c(F)cncc1F. The number of carbonyl (C=O) groups is 1. The van der Waals surface area contributed by atoms with Crippen molar-refractivity contribution < 1.29 is 23.8 Å². The van der Waals surface area contributed by atoms with Gasteiger partial charge in [-0.05, 0) is 0 Å². The zero-order valence-electron chi connectivity index (χ0n) is 6.94. The Bertz CT molecular complexity index is 336. The number of aliphatic hydroxyl groups excluding tert-OH is 1. The average molecular weight is 203 g/mol. The van der Waals surface area contributed by atoms with Crippen LogP contribution in [0.5, 0.6) is 0 Å². The van der Waals surface area contributed by atoms with Crippen LogP contribution in [0, 0.1) is 11.6 Å². The highest BCUT2D eigenvalue weighted by Crippen LogP contribution is 2.21. The third kappa shape index (κ3) is 2.23. The third-order valence-electron chi connectivity index (χ3n) is 1.59. The van der Waals surface area contributed by atoms with Crippen molar-refractivity contribution in [1.82, 2.24) is 4.98 Å². The van der Waals surface area contributed by atoms with Crippen LogP contribution >= 0.6 is 0 Å². The second-order valence-corrected chi connectivity index (χ2v) is 2.63. The molecule has 6 heteroatoms. The lowest BCUT2D eigenvalue weighted by molar-refractivity contribution is -0.139. The molecule has 1 aromatic heterocycles. The van der Waals surface area contributed by atoms with Crippen molar-refractivity contribution in [2.24, 2.45) is 0 Å². The molecule has 0 radical (unpaired) electrons. The lowest BCUT2D eigenvalue weighted by Gasteiger charge is -2.09. The van der Waals surface area contributed by atoms with Crippen LogP contribution in [0.25, 0.3) is 0 Å². The largest absolute Gasteiger partial charge is 0.481 e. The van der Waals surface area contributed by atoms with Crippen LogP contribution in [0.15, 0.2) is 12.4 Å². The van der Waals surface area contributed by atoms with E-state index in [9.17, 15) is 13.6 Å². The highest BCUT2D eigenvalue weighted by Gasteiger charge is 2.20. The number of aromatic nitrogens is 1. The summed E-state index contributed by atoms with van der Waals surface area (Å²) in [6.45, 7) is 0. The summed E-state index contributed by atoms with van der Waals surface area (Å²) in [6.07, 6.45) is -1.03. The maximum Gasteiger partial charge on any atom is 0.306 e. The third-order valence-corrected chi connectivity index (χ3v) is 1.59. The highest BCUT2D eigenvalue weighted by atomic mass is 19.1. The van der Waals surface area contributed by atoms with E-state index in [-0.39, 0.29) is 0 Å². The monoisotopic (exact) mass is 203 g/mol. The fourth-order valence-electron chi connectivity index (χ4n) is 1.01. The minimum atomic E-state index is -1.70. The summed E-state index contributed by atoms with van der Waals surface area (Å²) in [4.78, 5) is 13.4. The number of nitrogens with zero attached hydrogens (tertiary/aromatic N) is 1. The Morgan fingerprint density at radius 1 is 1.43 bits per heavy atom. The number of rotatable bonds is 3. The first-order chi connectivity index (χ1) is 6.52. The Morgan fingerprint density at radius 2 is 1.93 bits per heavy atom. The fourth-order valence-corrected chi connectivity index (χ4v) is 1.01. The molecule has 0 aliphatic carbocycles. The lowest BCUT2D eigenvalue weighted by atomic mass is 10.1. The van der Waals surface area contributed by atoms with Gasteiger partial charge in [-0.15, -0.1) is 0 Å². The Morgan fingerprint density at radius 3 is 2.36 bits per heavy atom. The molecular weight excluding hydrogens is 196 g/mol. The summed E-state index contributed by atoms with van der Waals surface area (Å²) < 4.78 is 25.8. The average Bonchev–Trinajstić information content (AvgIpc) is 2.01. The number of aliphatic carboxylic acids is 1. The van der Waals surface area contributed by atoms with Gasteiger partial charge < -0.3 is 10.2 Å². The molecule has 0 amide bonds. The van der Waals surface area contributed by atoms with Gasteiger partial charge in [-0.2, -0.15) is 0 Å². The standard InChI is InChI=1S/C8H7F2NO3/c9-4-2-11-3-5(10)8(4)6(12)1-7(13)14/h2-3,6,12H,1H2,(H,13,14)/t6-/m1/s1. The van der Waals surface area contributed by atoms with Gasteiger partial charge in [-0.25, -0.2) is 8.78 Å². The van der Waals surface area contributed by atoms with Crippen LogP contribution in [0.2, 0.25) is 0 Å². The van der Waals surface area contributed by atoms with Gasteiger partial charge in [0.25, 0.3) is 0 Å². The molecule has 0 aromatic carbocycles. The number of hydrogen-bond acceptors (Lipinski definition) is 3. The molecule has 2 N–H and O–H groups in total. The fraction of sp³-hybridized carbons (Fsp3) is 0.250. The Kier molecular flexibility index (Phi) is 3.08. The first-order valence-corrected chi connectivity index (χ1v) is 3.71. The molecule has 0 spiro atoms.